The first-order valence-electron chi connectivity index (χ1n) is 4.05. The summed E-state index contributed by atoms with van der Waals surface area (Å²) < 4.78 is 73.8. The summed E-state index contributed by atoms with van der Waals surface area (Å²) in [7, 11) is 0. The van der Waals surface area contributed by atoms with Crippen LogP contribution in [-0.2, 0) is 12.4 Å². The van der Waals surface area contributed by atoms with Gasteiger partial charge in [0, 0.05) is 0 Å². The highest BCUT2D eigenvalue weighted by Gasteiger charge is 2.43. The lowest BCUT2D eigenvalue weighted by Crippen LogP contribution is -2.17. The molecular weight excluding hydrogens is 254 g/mol. The highest BCUT2D eigenvalue weighted by Crippen LogP contribution is 2.40. The summed E-state index contributed by atoms with van der Waals surface area (Å²) in [5.41, 5.74) is -4.77. The molecule has 17 heavy (non-hydrogen) atoms. The summed E-state index contributed by atoms with van der Waals surface area (Å²) in [6.07, 6.45) is -10.5. The third-order valence-electron chi connectivity index (χ3n) is 1.88. The average molecular weight is 258 g/mol. The number of rotatable bonds is 1. The van der Waals surface area contributed by atoms with Crippen molar-refractivity contribution in [2.45, 2.75) is 12.4 Å². The SMILES string of the molecule is O=C(O)c1ccc(C(F)(F)F)c(C(F)(F)F)c1. The van der Waals surface area contributed by atoms with Crippen LogP contribution in [0.15, 0.2) is 18.2 Å². The number of hydrogen-bond acceptors (Lipinski definition) is 1. The fourth-order valence-electron chi connectivity index (χ4n) is 1.16. The second kappa shape index (κ2) is 3.94. The third-order valence-corrected chi connectivity index (χ3v) is 1.88. The molecule has 2 nitrogen and oxygen atoms in total. The normalized spacial score (nSPS) is 12.6. The van der Waals surface area contributed by atoms with Gasteiger partial charge in [0.2, 0.25) is 0 Å². The Hall–Kier alpha value is -1.73. The fraction of sp³-hybridized carbons (Fsp3) is 0.222. The molecule has 1 rings (SSSR count). The number of aromatic carboxylic acids is 1. The molecule has 0 fully saturated rings. The van der Waals surface area contributed by atoms with Crippen molar-refractivity contribution < 1.29 is 36.2 Å². The standard InChI is InChI=1S/C9H4F6O2/c10-8(11,12)5-2-1-4(7(16)17)3-6(5)9(13,14)15/h1-3H,(H,16,17). The predicted molar refractivity (Wildman–Crippen MR) is 43.4 cm³/mol. The summed E-state index contributed by atoms with van der Waals surface area (Å²) in [5, 5.41) is 8.42. The number of benzene rings is 1. The topological polar surface area (TPSA) is 37.3 Å². The van der Waals surface area contributed by atoms with Crippen LogP contribution in [0.1, 0.15) is 21.5 Å². The summed E-state index contributed by atoms with van der Waals surface area (Å²) in [5.74, 6) is -1.73. The van der Waals surface area contributed by atoms with Crippen LogP contribution in [0.2, 0.25) is 0 Å². The minimum absolute atomic E-state index is 0.0366. The van der Waals surface area contributed by atoms with E-state index in [4.69, 9.17) is 5.11 Å². The Balaban J connectivity index is 3.49. The van der Waals surface area contributed by atoms with Crippen LogP contribution in [0, 0.1) is 0 Å². The van der Waals surface area contributed by atoms with Gasteiger partial charge in [-0.05, 0) is 18.2 Å². The van der Waals surface area contributed by atoms with Crippen LogP contribution in [0.4, 0.5) is 26.3 Å². The van der Waals surface area contributed by atoms with E-state index in [2.05, 4.69) is 0 Å². The van der Waals surface area contributed by atoms with Gasteiger partial charge in [0.15, 0.2) is 0 Å². The highest BCUT2D eigenvalue weighted by atomic mass is 19.4. The Morgan fingerprint density at radius 1 is 0.941 bits per heavy atom. The zero-order valence-electron chi connectivity index (χ0n) is 7.86. The molecule has 8 heteroatoms. The third kappa shape index (κ3) is 2.89. The molecule has 1 N–H and O–H groups in total. The maximum Gasteiger partial charge on any atom is 0.417 e. The molecule has 0 aliphatic carbocycles. The van der Waals surface area contributed by atoms with E-state index < -0.39 is 35.0 Å². The van der Waals surface area contributed by atoms with Gasteiger partial charge in [-0.15, -0.1) is 0 Å². The summed E-state index contributed by atoms with van der Waals surface area (Å²) >= 11 is 0. The van der Waals surface area contributed by atoms with Gasteiger partial charge in [0.05, 0.1) is 16.7 Å². The Morgan fingerprint density at radius 3 is 1.76 bits per heavy atom. The summed E-state index contributed by atoms with van der Waals surface area (Å²) in [6, 6.07) is 0.540. The quantitative estimate of drug-likeness (QED) is 0.783. The smallest absolute Gasteiger partial charge is 0.417 e. The molecule has 1 aromatic rings. The molecule has 0 unspecified atom stereocenters. The van der Waals surface area contributed by atoms with Crippen molar-refractivity contribution in [3.05, 3.63) is 34.9 Å². The first kappa shape index (κ1) is 13.3. The Bertz CT molecular complexity index is 446. The van der Waals surface area contributed by atoms with Crippen molar-refractivity contribution in [2.75, 3.05) is 0 Å². The Kier molecular flexibility index (Phi) is 3.09. The molecule has 94 valence electrons. The van der Waals surface area contributed by atoms with E-state index in [0.29, 0.717) is 6.07 Å². The molecule has 0 radical (unpaired) electrons. The molecule has 0 aliphatic heterocycles. The molecule has 0 amide bonds. The van der Waals surface area contributed by atoms with Gasteiger partial charge in [-0.3, -0.25) is 0 Å². The van der Waals surface area contributed by atoms with Crippen molar-refractivity contribution in [1.29, 1.82) is 0 Å². The van der Waals surface area contributed by atoms with Crippen molar-refractivity contribution in [1.82, 2.24) is 0 Å². The second-order valence-electron chi connectivity index (χ2n) is 3.06. The van der Waals surface area contributed by atoms with Gasteiger partial charge >= 0.3 is 18.3 Å². The molecular formula is C9H4F6O2. The molecule has 0 spiro atoms. The Labute approximate surface area is 90.5 Å². The van der Waals surface area contributed by atoms with Crippen LogP contribution in [0.3, 0.4) is 0 Å². The minimum atomic E-state index is -5.27. The lowest BCUT2D eigenvalue weighted by atomic mass is 10.0. The van der Waals surface area contributed by atoms with Crippen LogP contribution < -0.4 is 0 Å². The maximum atomic E-state index is 12.3. The van der Waals surface area contributed by atoms with E-state index in [-0.39, 0.29) is 12.1 Å². The highest BCUT2D eigenvalue weighted by molar-refractivity contribution is 5.88. The molecule has 0 atom stereocenters. The van der Waals surface area contributed by atoms with Gasteiger partial charge < -0.3 is 5.11 Å². The largest absolute Gasteiger partial charge is 0.478 e. The van der Waals surface area contributed by atoms with E-state index in [1.807, 2.05) is 0 Å². The van der Waals surface area contributed by atoms with Crippen molar-refractivity contribution in [3.63, 3.8) is 0 Å². The monoisotopic (exact) mass is 258 g/mol. The van der Waals surface area contributed by atoms with Crippen molar-refractivity contribution >= 4 is 5.97 Å². The molecule has 0 aromatic heterocycles. The molecule has 1 aromatic carbocycles. The van der Waals surface area contributed by atoms with Gasteiger partial charge in [-0.1, -0.05) is 0 Å². The first-order valence-corrected chi connectivity index (χ1v) is 4.05. The van der Waals surface area contributed by atoms with Crippen molar-refractivity contribution in [3.8, 4) is 0 Å². The maximum absolute atomic E-state index is 12.3. The van der Waals surface area contributed by atoms with Gasteiger partial charge in [0.25, 0.3) is 0 Å². The number of carbonyl (C=O) groups is 1. The van der Waals surface area contributed by atoms with Gasteiger partial charge in [0.1, 0.15) is 0 Å². The summed E-state index contributed by atoms with van der Waals surface area (Å²) in [6.45, 7) is 0. The number of alkyl halides is 6. The lowest BCUT2D eigenvalue weighted by molar-refractivity contribution is -0.162. The first-order chi connectivity index (χ1) is 7.53. The van der Waals surface area contributed by atoms with E-state index in [0.717, 1.165) is 0 Å². The van der Waals surface area contributed by atoms with Gasteiger partial charge in [-0.25, -0.2) is 4.79 Å². The lowest BCUT2D eigenvalue weighted by Gasteiger charge is -2.15. The Morgan fingerprint density at radius 2 is 1.41 bits per heavy atom. The number of carboxylic acid groups (broad SMARTS) is 1. The molecule has 0 saturated heterocycles. The van der Waals surface area contributed by atoms with E-state index >= 15 is 0 Å². The van der Waals surface area contributed by atoms with E-state index in [1.165, 1.54) is 0 Å². The van der Waals surface area contributed by atoms with Crippen LogP contribution in [0.25, 0.3) is 0 Å². The van der Waals surface area contributed by atoms with Crippen molar-refractivity contribution in [2.24, 2.45) is 0 Å². The zero-order chi connectivity index (χ0) is 13.4. The van der Waals surface area contributed by atoms with E-state index in [1.54, 1.807) is 0 Å². The molecule has 0 heterocycles. The molecule has 0 saturated carbocycles. The summed E-state index contributed by atoms with van der Waals surface area (Å²) in [4.78, 5) is 10.4. The average Bonchev–Trinajstić information content (AvgIpc) is 2.14. The zero-order valence-corrected chi connectivity index (χ0v) is 7.86. The number of halogens is 6. The predicted octanol–water partition coefficient (Wildman–Crippen LogP) is 3.42. The molecule has 0 aliphatic rings. The fourth-order valence-corrected chi connectivity index (χ4v) is 1.16. The van der Waals surface area contributed by atoms with Crippen LogP contribution in [-0.4, -0.2) is 11.1 Å². The van der Waals surface area contributed by atoms with Gasteiger partial charge in [-0.2, -0.15) is 26.3 Å². The van der Waals surface area contributed by atoms with Crippen LogP contribution in [0.5, 0.6) is 0 Å². The second-order valence-corrected chi connectivity index (χ2v) is 3.06. The van der Waals surface area contributed by atoms with E-state index in [9.17, 15) is 31.1 Å². The minimum Gasteiger partial charge on any atom is -0.478 e. The number of hydrogen-bond donors (Lipinski definition) is 1. The van der Waals surface area contributed by atoms with Crippen LogP contribution >= 0.6 is 0 Å². The number of carboxylic acids is 1. The molecule has 0 bridgehead atoms.